The Labute approximate surface area is 153 Å². The molecular formula is C16H24N2O5S2. The topological polar surface area (TPSA) is 68.3 Å². The van der Waals surface area contributed by atoms with Gasteiger partial charge in [0.25, 0.3) is 0 Å². The van der Waals surface area contributed by atoms with Crippen molar-refractivity contribution >= 4 is 21.8 Å². The van der Waals surface area contributed by atoms with Crippen molar-refractivity contribution in [3.05, 3.63) is 23.8 Å². The zero-order chi connectivity index (χ0) is 18.0. The van der Waals surface area contributed by atoms with Crippen LogP contribution in [-0.4, -0.2) is 75.5 Å². The van der Waals surface area contributed by atoms with Gasteiger partial charge >= 0.3 is 0 Å². The maximum Gasteiger partial charge on any atom is 0.221 e. The van der Waals surface area contributed by atoms with Crippen LogP contribution in [0.25, 0.3) is 0 Å². The number of methoxy groups -OCH3 is 2. The summed E-state index contributed by atoms with van der Waals surface area (Å²) in [5, 5.41) is 0.930. The van der Waals surface area contributed by atoms with Gasteiger partial charge in [0.15, 0.2) is 0 Å². The summed E-state index contributed by atoms with van der Waals surface area (Å²) in [5.74, 6) is 2.94. The summed E-state index contributed by atoms with van der Waals surface area (Å²) in [5.41, 5.74) is 0.752. The number of sulfonamides is 1. The fraction of sp³-hybridized carbons (Fsp3) is 0.625. The largest absolute Gasteiger partial charge is 0.497 e. The van der Waals surface area contributed by atoms with E-state index in [0.29, 0.717) is 24.6 Å². The predicted molar refractivity (Wildman–Crippen MR) is 97.6 cm³/mol. The molecule has 0 spiro atoms. The van der Waals surface area contributed by atoms with Crippen LogP contribution in [0.1, 0.15) is 11.6 Å². The first kappa shape index (κ1) is 18.8. The van der Waals surface area contributed by atoms with E-state index in [1.165, 1.54) is 0 Å². The van der Waals surface area contributed by atoms with E-state index in [2.05, 4.69) is 0 Å². The Balaban J connectivity index is 1.99. The highest BCUT2D eigenvalue weighted by Crippen LogP contribution is 2.40. The number of hydroxylamine groups is 2. The second kappa shape index (κ2) is 7.71. The molecule has 0 aliphatic carbocycles. The number of ether oxygens (including phenoxy) is 2. The summed E-state index contributed by atoms with van der Waals surface area (Å²) in [4.78, 5) is 5.61. The summed E-state index contributed by atoms with van der Waals surface area (Å²) < 4.78 is 38.8. The van der Waals surface area contributed by atoms with Crippen LogP contribution in [0.15, 0.2) is 18.2 Å². The predicted octanol–water partition coefficient (Wildman–Crippen LogP) is 1.37. The summed E-state index contributed by atoms with van der Waals surface area (Å²) in [6.07, 6.45) is 0. The molecule has 1 aromatic rings. The number of nitrogens with zero attached hydrogens (tertiary/aromatic N) is 2. The SMILES string of the molecule is COc1ccc(OC)c(C2C(S(=O)(=O)N3CCSCC3)CON2C)c1. The highest BCUT2D eigenvalue weighted by molar-refractivity contribution is 7.99. The van der Waals surface area contributed by atoms with Crippen LogP contribution < -0.4 is 9.47 Å². The van der Waals surface area contributed by atoms with Crippen molar-refractivity contribution < 1.29 is 22.7 Å². The van der Waals surface area contributed by atoms with Crippen LogP contribution in [0, 0.1) is 0 Å². The molecule has 9 heteroatoms. The molecular weight excluding hydrogens is 364 g/mol. The van der Waals surface area contributed by atoms with E-state index in [1.807, 2.05) is 6.07 Å². The average molecular weight is 389 g/mol. The van der Waals surface area contributed by atoms with Gasteiger partial charge in [-0.05, 0) is 18.2 Å². The van der Waals surface area contributed by atoms with E-state index in [0.717, 1.165) is 17.1 Å². The van der Waals surface area contributed by atoms with Crippen LogP contribution >= 0.6 is 11.8 Å². The van der Waals surface area contributed by atoms with E-state index < -0.39 is 21.3 Å². The van der Waals surface area contributed by atoms with Gasteiger partial charge in [-0.15, -0.1) is 0 Å². The van der Waals surface area contributed by atoms with Crippen LogP contribution in [0.2, 0.25) is 0 Å². The first-order valence-electron chi connectivity index (χ1n) is 8.13. The third-order valence-corrected chi connectivity index (χ3v) is 7.84. The molecule has 3 rings (SSSR count). The summed E-state index contributed by atoms with van der Waals surface area (Å²) in [6.45, 7) is 1.23. The Morgan fingerprint density at radius 3 is 2.56 bits per heavy atom. The quantitative estimate of drug-likeness (QED) is 0.755. The van der Waals surface area contributed by atoms with Gasteiger partial charge < -0.3 is 9.47 Å². The molecule has 0 aromatic heterocycles. The zero-order valence-corrected chi connectivity index (χ0v) is 16.3. The van der Waals surface area contributed by atoms with Gasteiger partial charge in [0, 0.05) is 37.2 Å². The molecule has 2 atom stereocenters. The van der Waals surface area contributed by atoms with Crippen LogP contribution in [0.5, 0.6) is 11.5 Å². The minimum Gasteiger partial charge on any atom is -0.497 e. The van der Waals surface area contributed by atoms with E-state index in [4.69, 9.17) is 14.3 Å². The monoisotopic (exact) mass is 388 g/mol. The lowest BCUT2D eigenvalue weighted by molar-refractivity contribution is -0.110. The van der Waals surface area contributed by atoms with Crippen molar-refractivity contribution in [1.29, 1.82) is 0 Å². The number of rotatable bonds is 5. The number of hydrogen-bond donors (Lipinski definition) is 0. The van der Waals surface area contributed by atoms with Gasteiger partial charge in [-0.3, -0.25) is 4.84 Å². The Morgan fingerprint density at radius 1 is 1.20 bits per heavy atom. The zero-order valence-electron chi connectivity index (χ0n) is 14.7. The third-order valence-electron chi connectivity index (χ3n) is 4.65. The first-order chi connectivity index (χ1) is 12.0. The number of hydrogen-bond acceptors (Lipinski definition) is 7. The minimum atomic E-state index is -3.48. The number of thioether (sulfide) groups is 1. The molecule has 2 fully saturated rings. The fourth-order valence-electron chi connectivity index (χ4n) is 3.30. The van der Waals surface area contributed by atoms with Gasteiger partial charge in [0.05, 0.1) is 26.9 Å². The maximum atomic E-state index is 13.2. The van der Waals surface area contributed by atoms with E-state index in [1.54, 1.807) is 54.5 Å². The fourth-order valence-corrected chi connectivity index (χ4v) is 6.39. The van der Waals surface area contributed by atoms with Crippen molar-refractivity contribution in [3.8, 4) is 11.5 Å². The van der Waals surface area contributed by atoms with Gasteiger partial charge in [-0.1, -0.05) is 0 Å². The normalized spacial score (nSPS) is 25.9. The first-order valence-corrected chi connectivity index (χ1v) is 10.8. The Morgan fingerprint density at radius 2 is 1.92 bits per heavy atom. The second-order valence-electron chi connectivity index (χ2n) is 5.99. The molecule has 0 saturated carbocycles. The molecule has 25 heavy (non-hydrogen) atoms. The van der Waals surface area contributed by atoms with Crippen LogP contribution in [0.4, 0.5) is 0 Å². The summed E-state index contributed by atoms with van der Waals surface area (Å²) >= 11 is 1.78. The highest BCUT2D eigenvalue weighted by atomic mass is 32.2. The molecule has 7 nitrogen and oxygen atoms in total. The molecule has 0 bridgehead atoms. The summed E-state index contributed by atoms with van der Waals surface area (Å²) in [6, 6.07) is 4.96. The minimum absolute atomic E-state index is 0.132. The van der Waals surface area contributed by atoms with E-state index in [9.17, 15) is 8.42 Å². The van der Waals surface area contributed by atoms with E-state index in [-0.39, 0.29) is 6.61 Å². The highest BCUT2D eigenvalue weighted by Gasteiger charge is 2.47. The standard InChI is InChI=1S/C16H24N2O5S2/c1-17-16(13-10-12(21-2)4-5-14(13)22-3)15(11-23-17)25(19,20)18-6-8-24-9-7-18/h4-5,10,15-16H,6-9,11H2,1-3H3. The van der Waals surface area contributed by atoms with Gasteiger partial charge in [0.2, 0.25) is 10.0 Å². The van der Waals surface area contributed by atoms with Crippen LogP contribution in [0.3, 0.4) is 0 Å². The Bertz CT molecular complexity index is 706. The lowest BCUT2D eigenvalue weighted by atomic mass is 10.0. The molecule has 140 valence electrons. The second-order valence-corrected chi connectivity index (χ2v) is 9.37. The van der Waals surface area contributed by atoms with Crippen molar-refractivity contribution in [2.45, 2.75) is 11.3 Å². The molecule has 0 radical (unpaired) electrons. The van der Waals surface area contributed by atoms with Crippen molar-refractivity contribution in [2.75, 3.05) is 52.5 Å². The van der Waals surface area contributed by atoms with Crippen molar-refractivity contribution in [3.63, 3.8) is 0 Å². The molecule has 2 aliphatic heterocycles. The molecule has 2 unspecified atom stereocenters. The molecule has 2 saturated heterocycles. The molecule has 0 N–H and O–H groups in total. The number of benzene rings is 1. The van der Waals surface area contributed by atoms with Crippen molar-refractivity contribution in [1.82, 2.24) is 9.37 Å². The molecule has 2 heterocycles. The molecule has 1 aromatic carbocycles. The molecule has 2 aliphatic rings. The summed E-state index contributed by atoms with van der Waals surface area (Å²) in [7, 11) is 1.43. The van der Waals surface area contributed by atoms with E-state index >= 15 is 0 Å². The third kappa shape index (κ3) is 3.61. The van der Waals surface area contributed by atoms with Gasteiger partial charge in [-0.25, -0.2) is 8.42 Å². The maximum absolute atomic E-state index is 13.2. The lowest BCUT2D eigenvalue weighted by Gasteiger charge is -2.31. The Kier molecular flexibility index (Phi) is 5.79. The van der Waals surface area contributed by atoms with Gasteiger partial charge in [-0.2, -0.15) is 21.1 Å². The Hall–Kier alpha value is -1.00. The average Bonchev–Trinajstić information content (AvgIpc) is 3.04. The smallest absolute Gasteiger partial charge is 0.221 e. The van der Waals surface area contributed by atoms with Gasteiger partial charge in [0.1, 0.15) is 16.7 Å². The van der Waals surface area contributed by atoms with Crippen molar-refractivity contribution in [2.24, 2.45) is 0 Å². The molecule has 0 amide bonds. The lowest BCUT2D eigenvalue weighted by Crippen LogP contribution is -2.45. The van der Waals surface area contributed by atoms with Crippen LogP contribution in [-0.2, 0) is 14.9 Å².